The van der Waals surface area contributed by atoms with Gasteiger partial charge in [0, 0.05) is 22.4 Å². The van der Waals surface area contributed by atoms with Gasteiger partial charge in [-0.05, 0) is 36.8 Å². The molecule has 0 aliphatic heterocycles. The predicted molar refractivity (Wildman–Crippen MR) is 103 cm³/mol. The predicted octanol–water partition coefficient (Wildman–Crippen LogP) is 4.49. The summed E-state index contributed by atoms with van der Waals surface area (Å²) < 4.78 is 11.3. The van der Waals surface area contributed by atoms with E-state index in [1.54, 1.807) is 24.4 Å². The average Bonchev–Trinajstić information content (AvgIpc) is 2.99. The van der Waals surface area contributed by atoms with E-state index in [0.717, 1.165) is 34.3 Å². The quantitative estimate of drug-likeness (QED) is 0.513. The molecule has 0 spiro atoms. The average molecular weight is 371 g/mol. The minimum absolute atomic E-state index is 0.132. The molecule has 0 saturated carbocycles. The second-order valence-electron chi connectivity index (χ2n) is 5.78. The Kier molecular flexibility index (Phi) is 5.58. The number of halogens is 1. The molecular formula is C20H19ClN2O3. The van der Waals surface area contributed by atoms with Gasteiger partial charge in [0.05, 0.1) is 6.21 Å². The molecule has 1 amide bonds. The molecule has 0 aliphatic carbocycles. The Bertz CT molecular complexity index is 963. The van der Waals surface area contributed by atoms with Crippen LogP contribution < -0.4 is 10.2 Å². The van der Waals surface area contributed by atoms with Gasteiger partial charge >= 0.3 is 0 Å². The zero-order valence-electron chi connectivity index (χ0n) is 14.6. The Hall–Kier alpha value is -2.79. The van der Waals surface area contributed by atoms with Crippen molar-refractivity contribution in [3.63, 3.8) is 0 Å². The first kappa shape index (κ1) is 18.0. The lowest BCUT2D eigenvalue weighted by atomic mass is 10.1. The molecule has 0 unspecified atom stereocenters. The van der Waals surface area contributed by atoms with Gasteiger partial charge in [-0.25, -0.2) is 5.43 Å². The van der Waals surface area contributed by atoms with E-state index in [9.17, 15) is 4.79 Å². The van der Waals surface area contributed by atoms with Crippen LogP contribution in [0.5, 0.6) is 5.75 Å². The van der Waals surface area contributed by atoms with Crippen molar-refractivity contribution in [2.75, 3.05) is 6.61 Å². The molecule has 3 aromatic rings. The largest absolute Gasteiger partial charge is 0.483 e. The summed E-state index contributed by atoms with van der Waals surface area (Å²) in [7, 11) is 0. The van der Waals surface area contributed by atoms with E-state index in [1.807, 2.05) is 38.1 Å². The number of nitrogens with zero attached hydrogens (tertiary/aromatic N) is 1. The normalized spacial score (nSPS) is 11.2. The van der Waals surface area contributed by atoms with Gasteiger partial charge in [0.25, 0.3) is 5.91 Å². The SMILES string of the molecule is CCc1oc2ccccc2c1/C=N\NC(=O)COc1ccc(Cl)cc1C. The monoisotopic (exact) mass is 370 g/mol. The standard InChI is InChI=1S/C20H19ClN2O3/c1-3-17-16(15-6-4-5-7-19(15)26-17)11-22-23-20(24)12-25-18-9-8-14(21)10-13(18)2/h4-11H,3,12H2,1-2H3,(H,23,24)/b22-11-. The lowest BCUT2D eigenvalue weighted by Crippen LogP contribution is -2.24. The van der Waals surface area contributed by atoms with Crippen LogP contribution in [0.4, 0.5) is 0 Å². The molecule has 1 N–H and O–H groups in total. The number of fused-ring (bicyclic) bond motifs is 1. The first-order chi connectivity index (χ1) is 12.6. The lowest BCUT2D eigenvalue weighted by molar-refractivity contribution is -0.123. The second-order valence-corrected chi connectivity index (χ2v) is 6.22. The van der Waals surface area contributed by atoms with Gasteiger partial charge in [-0.2, -0.15) is 5.10 Å². The lowest BCUT2D eigenvalue weighted by Gasteiger charge is -2.08. The van der Waals surface area contributed by atoms with Crippen LogP contribution in [0.25, 0.3) is 11.0 Å². The fraction of sp³-hybridized carbons (Fsp3) is 0.200. The van der Waals surface area contributed by atoms with E-state index < -0.39 is 0 Å². The van der Waals surface area contributed by atoms with Gasteiger partial charge in [0.2, 0.25) is 0 Å². The summed E-state index contributed by atoms with van der Waals surface area (Å²) in [5.41, 5.74) is 5.02. The molecule has 6 heteroatoms. The molecule has 0 bridgehead atoms. The highest BCUT2D eigenvalue weighted by molar-refractivity contribution is 6.30. The number of furan rings is 1. The van der Waals surface area contributed by atoms with Crippen LogP contribution in [0, 0.1) is 6.92 Å². The fourth-order valence-corrected chi connectivity index (χ4v) is 2.87. The fourth-order valence-electron chi connectivity index (χ4n) is 2.64. The Balaban J connectivity index is 1.62. The number of para-hydroxylation sites is 1. The summed E-state index contributed by atoms with van der Waals surface area (Å²) in [6.45, 7) is 3.75. The van der Waals surface area contributed by atoms with E-state index >= 15 is 0 Å². The highest BCUT2D eigenvalue weighted by atomic mass is 35.5. The molecule has 134 valence electrons. The molecule has 0 fully saturated rings. The molecule has 2 aromatic carbocycles. The zero-order chi connectivity index (χ0) is 18.5. The van der Waals surface area contributed by atoms with Gasteiger partial charge in [-0.3, -0.25) is 4.79 Å². The van der Waals surface area contributed by atoms with Crippen molar-refractivity contribution >= 4 is 34.7 Å². The topological polar surface area (TPSA) is 63.8 Å². The highest BCUT2D eigenvalue weighted by Crippen LogP contribution is 2.24. The molecule has 0 radical (unpaired) electrons. The maximum absolute atomic E-state index is 11.9. The number of hydrazone groups is 1. The Labute approximate surface area is 156 Å². The third-order valence-electron chi connectivity index (χ3n) is 3.91. The summed E-state index contributed by atoms with van der Waals surface area (Å²) in [4.78, 5) is 11.9. The smallest absolute Gasteiger partial charge is 0.277 e. The summed E-state index contributed by atoms with van der Waals surface area (Å²) >= 11 is 5.90. The van der Waals surface area contributed by atoms with Crippen molar-refractivity contribution in [2.45, 2.75) is 20.3 Å². The van der Waals surface area contributed by atoms with Gasteiger partial charge in [-0.15, -0.1) is 0 Å². The van der Waals surface area contributed by atoms with Crippen molar-refractivity contribution in [3.8, 4) is 5.75 Å². The summed E-state index contributed by atoms with van der Waals surface area (Å²) in [5, 5.41) is 5.63. The number of rotatable bonds is 6. The van der Waals surface area contributed by atoms with Crippen LogP contribution in [0.15, 0.2) is 52.0 Å². The summed E-state index contributed by atoms with van der Waals surface area (Å²) in [6, 6.07) is 13.0. The van der Waals surface area contributed by atoms with Crippen LogP contribution in [0.1, 0.15) is 23.8 Å². The number of aryl methyl sites for hydroxylation is 2. The number of ether oxygens (including phenoxy) is 1. The molecule has 5 nitrogen and oxygen atoms in total. The first-order valence-electron chi connectivity index (χ1n) is 8.29. The molecule has 0 saturated heterocycles. The van der Waals surface area contributed by atoms with Crippen molar-refractivity contribution < 1.29 is 13.9 Å². The number of carbonyl (C=O) groups is 1. The van der Waals surface area contributed by atoms with E-state index in [0.29, 0.717) is 10.8 Å². The van der Waals surface area contributed by atoms with Crippen LogP contribution in [-0.4, -0.2) is 18.7 Å². The molecular weight excluding hydrogens is 352 g/mol. The molecule has 1 heterocycles. The Morgan fingerprint density at radius 1 is 1.31 bits per heavy atom. The molecule has 0 atom stereocenters. The minimum Gasteiger partial charge on any atom is -0.483 e. The van der Waals surface area contributed by atoms with Crippen LogP contribution >= 0.6 is 11.6 Å². The van der Waals surface area contributed by atoms with Crippen molar-refractivity contribution in [2.24, 2.45) is 5.10 Å². The zero-order valence-corrected chi connectivity index (χ0v) is 15.3. The number of nitrogens with one attached hydrogen (secondary N) is 1. The number of benzene rings is 2. The van der Waals surface area contributed by atoms with Gasteiger partial charge in [-0.1, -0.05) is 36.7 Å². The van der Waals surface area contributed by atoms with Crippen molar-refractivity contribution in [1.29, 1.82) is 0 Å². The van der Waals surface area contributed by atoms with Crippen LogP contribution in [-0.2, 0) is 11.2 Å². The number of amides is 1. The Morgan fingerprint density at radius 2 is 2.12 bits per heavy atom. The van der Waals surface area contributed by atoms with E-state index in [2.05, 4.69) is 10.5 Å². The van der Waals surface area contributed by atoms with E-state index in [4.69, 9.17) is 20.8 Å². The van der Waals surface area contributed by atoms with Gasteiger partial charge in [0.1, 0.15) is 17.1 Å². The maximum atomic E-state index is 11.9. The molecule has 1 aromatic heterocycles. The highest BCUT2D eigenvalue weighted by Gasteiger charge is 2.10. The summed E-state index contributed by atoms with van der Waals surface area (Å²) in [5.74, 6) is 1.10. The van der Waals surface area contributed by atoms with Crippen molar-refractivity contribution in [3.05, 3.63) is 64.4 Å². The minimum atomic E-state index is -0.346. The first-order valence-corrected chi connectivity index (χ1v) is 8.67. The van der Waals surface area contributed by atoms with E-state index in [-0.39, 0.29) is 12.5 Å². The van der Waals surface area contributed by atoms with E-state index in [1.165, 1.54) is 0 Å². The molecule has 3 rings (SSSR count). The number of hydrogen-bond acceptors (Lipinski definition) is 4. The van der Waals surface area contributed by atoms with Gasteiger partial charge in [0.15, 0.2) is 6.61 Å². The number of hydrogen-bond donors (Lipinski definition) is 1. The summed E-state index contributed by atoms with van der Waals surface area (Å²) in [6.07, 6.45) is 2.35. The molecule has 0 aliphatic rings. The number of carbonyl (C=O) groups excluding carboxylic acids is 1. The Morgan fingerprint density at radius 3 is 2.88 bits per heavy atom. The van der Waals surface area contributed by atoms with Crippen molar-refractivity contribution in [1.82, 2.24) is 5.43 Å². The van der Waals surface area contributed by atoms with Crippen LogP contribution in [0.2, 0.25) is 5.02 Å². The third-order valence-corrected chi connectivity index (χ3v) is 4.15. The van der Waals surface area contributed by atoms with Gasteiger partial charge < -0.3 is 9.15 Å². The van der Waals surface area contributed by atoms with Crippen LogP contribution in [0.3, 0.4) is 0 Å². The molecule has 26 heavy (non-hydrogen) atoms. The third kappa shape index (κ3) is 4.06. The maximum Gasteiger partial charge on any atom is 0.277 e. The second kappa shape index (κ2) is 8.06.